The van der Waals surface area contributed by atoms with Gasteiger partial charge in [0.25, 0.3) is 0 Å². The van der Waals surface area contributed by atoms with E-state index in [2.05, 4.69) is 48.8 Å². The van der Waals surface area contributed by atoms with E-state index in [4.69, 9.17) is 0 Å². The lowest BCUT2D eigenvalue weighted by atomic mass is 10.8. The van der Waals surface area contributed by atoms with E-state index in [1.165, 1.54) is 6.92 Å². The summed E-state index contributed by atoms with van der Waals surface area (Å²) in [6, 6.07) is 0. The van der Waals surface area contributed by atoms with E-state index < -0.39 is 0 Å². The maximum absolute atomic E-state index is 9.75. The maximum atomic E-state index is 9.75. The summed E-state index contributed by atoms with van der Waals surface area (Å²) in [5.74, 6) is -0.329. The predicted octanol–water partition coefficient (Wildman–Crippen LogP) is 1.82. The van der Waals surface area contributed by atoms with Crippen molar-refractivity contribution in [3.05, 3.63) is 12.8 Å². The van der Waals surface area contributed by atoms with Crippen molar-refractivity contribution < 1.29 is 9.53 Å². The fraction of sp³-hybridized carbons (Fsp3) is 0.200. The molecule has 0 N–H and O–H groups in total. The molecule has 0 amide bonds. The second kappa shape index (κ2) is 9.00. The van der Waals surface area contributed by atoms with Gasteiger partial charge in [0.15, 0.2) is 0 Å². The quantitative estimate of drug-likeness (QED) is 0.290. The van der Waals surface area contributed by atoms with Gasteiger partial charge in [-0.1, -0.05) is 18.8 Å². The smallest absolute Gasteiger partial charge is 0.307 e. The molecular formula is C5H8O2S3. The lowest BCUT2D eigenvalue weighted by Crippen LogP contribution is -1.87. The lowest BCUT2D eigenvalue weighted by molar-refractivity contribution is -0.135. The second-order valence-corrected chi connectivity index (χ2v) is 3.32. The van der Waals surface area contributed by atoms with Crippen LogP contribution in [0, 0.1) is 0 Å². The molecule has 0 fully saturated rings. The Morgan fingerprint density at radius 1 is 1.70 bits per heavy atom. The minimum Gasteiger partial charge on any atom is -0.435 e. The first-order valence-corrected chi connectivity index (χ1v) is 3.51. The van der Waals surface area contributed by atoms with Gasteiger partial charge in [0.1, 0.15) is 0 Å². The van der Waals surface area contributed by atoms with Crippen LogP contribution >= 0.6 is 37.5 Å². The molecule has 0 aromatic heterocycles. The third-order valence-corrected chi connectivity index (χ3v) is 0.249. The Hall–Kier alpha value is -0.000000000000000111. The van der Waals surface area contributed by atoms with Crippen LogP contribution in [0.3, 0.4) is 0 Å². The van der Waals surface area contributed by atoms with Crippen LogP contribution < -0.4 is 0 Å². The molecule has 2 nitrogen and oxygen atoms in total. The molecule has 0 bridgehead atoms. The Balaban J connectivity index is 0. The number of thiol groups is 2. The Kier molecular flexibility index (Phi) is 11.4. The molecule has 0 aromatic rings. The molecule has 0 unspecified atom stereocenters. The van der Waals surface area contributed by atoms with Gasteiger partial charge in [-0.2, -0.15) is 0 Å². The average Bonchev–Trinajstić information content (AvgIpc) is 1.62. The van der Waals surface area contributed by atoms with E-state index in [-0.39, 0.29) is 5.97 Å². The maximum Gasteiger partial charge on any atom is 0.307 e. The largest absolute Gasteiger partial charge is 0.435 e. The Morgan fingerprint density at radius 3 is 2.00 bits per heavy atom. The van der Waals surface area contributed by atoms with Gasteiger partial charge in [-0.25, -0.2) is 0 Å². The van der Waals surface area contributed by atoms with Crippen LogP contribution in [0.15, 0.2) is 12.8 Å². The van der Waals surface area contributed by atoms with Gasteiger partial charge in [0.05, 0.1) is 9.79 Å². The number of hydrogen-bond acceptors (Lipinski definition) is 3. The molecule has 0 spiro atoms. The zero-order valence-corrected chi connectivity index (χ0v) is 8.01. The molecule has 0 aromatic carbocycles. The molecule has 0 rings (SSSR count). The summed E-state index contributed by atoms with van der Waals surface area (Å²) in [6.45, 7) is 4.48. The topological polar surface area (TPSA) is 26.3 Å². The first kappa shape index (κ1) is 12.7. The highest BCUT2D eigenvalue weighted by molar-refractivity contribution is 8.34. The molecule has 0 atom stereocenters. The predicted molar refractivity (Wildman–Crippen MR) is 52.5 cm³/mol. The zero-order chi connectivity index (χ0) is 8.57. The first-order valence-electron chi connectivity index (χ1n) is 2.20. The second-order valence-electron chi connectivity index (χ2n) is 1.06. The fourth-order valence-electron chi connectivity index (χ4n) is 0.117. The van der Waals surface area contributed by atoms with E-state index >= 15 is 0 Å². The monoisotopic (exact) mass is 196 g/mol. The number of carbonyl (C=O) groups is 1. The Labute approximate surface area is 76.5 Å². The van der Waals surface area contributed by atoms with Gasteiger partial charge in [-0.15, -0.1) is 25.3 Å². The van der Waals surface area contributed by atoms with Gasteiger partial charge in [0.2, 0.25) is 0 Å². The van der Waals surface area contributed by atoms with E-state index in [0.717, 1.165) is 6.26 Å². The highest BCUT2D eigenvalue weighted by Crippen LogP contribution is 1.83. The van der Waals surface area contributed by atoms with Gasteiger partial charge in [-0.3, -0.25) is 4.79 Å². The Morgan fingerprint density at radius 2 is 2.00 bits per heavy atom. The molecule has 58 valence electrons. The van der Waals surface area contributed by atoms with Crippen molar-refractivity contribution in [2.75, 3.05) is 0 Å². The molecule has 0 saturated carbocycles. The molecule has 5 heteroatoms. The third kappa shape index (κ3) is 43.6. The van der Waals surface area contributed by atoms with Crippen LogP contribution in [0.1, 0.15) is 6.92 Å². The van der Waals surface area contributed by atoms with E-state index in [1.54, 1.807) is 0 Å². The summed E-state index contributed by atoms with van der Waals surface area (Å²) in [7, 11) is 0. The molecular weight excluding hydrogens is 188 g/mol. The number of esters is 1. The van der Waals surface area contributed by atoms with Crippen LogP contribution in [-0.2, 0) is 9.53 Å². The molecule has 0 aliphatic carbocycles. The van der Waals surface area contributed by atoms with Gasteiger partial charge in [-0.05, 0) is 0 Å². The van der Waals surface area contributed by atoms with Crippen LogP contribution in [0.2, 0.25) is 0 Å². The normalized spacial score (nSPS) is 6.70. The summed E-state index contributed by atoms with van der Waals surface area (Å²) in [6.07, 6.45) is 1.10. The number of hydrogen-bond donors (Lipinski definition) is 2. The van der Waals surface area contributed by atoms with E-state index in [1.807, 2.05) is 0 Å². The summed E-state index contributed by atoms with van der Waals surface area (Å²) in [4.78, 5) is 9.75. The first-order chi connectivity index (χ1) is 4.50. The van der Waals surface area contributed by atoms with E-state index in [9.17, 15) is 4.79 Å². The summed E-state index contributed by atoms with van der Waals surface area (Å²) >= 11 is 11.4. The minimum absolute atomic E-state index is 0.329. The van der Waals surface area contributed by atoms with Gasteiger partial charge >= 0.3 is 5.97 Å². The number of rotatable bonds is 1. The summed E-state index contributed by atoms with van der Waals surface area (Å²) in [5, 5.41) is 0. The van der Waals surface area contributed by atoms with Crippen molar-refractivity contribution in [2.24, 2.45) is 0 Å². The van der Waals surface area contributed by atoms with Crippen molar-refractivity contribution in [3.8, 4) is 0 Å². The zero-order valence-electron chi connectivity index (χ0n) is 5.40. The molecule has 10 heavy (non-hydrogen) atoms. The van der Waals surface area contributed by atoms with E-state index in [0.29, 0.717) is 3.53 Å². The van der Waals surface area contributed by atoms with Crippen molar-refractivity contribution >= 4 is 47.0 Å². The number of carbonyl (C=O) groups excluding carboxylic acids is 1. The van der Waals surface area contributed by atoms with Crippen molar-refractivity contribution in [2.45, 2.75) is 6.92 Å². The summed E-state index contributed by atoms with van der Waals surface area (Å²) < 4.78 is 4.56. The molecule has 0 radical (unpaired) electrons. The number of thiocarbonyl (C=S) groups is 1. The average molecular weight is 196 g/mol. The standard InChI is InChI=1S/C4H6O2.CH2S3/c1-3-6-4(2)5;2-1(3)4/h3H,1H2,2H3;(H2,2,3,4). The third-order valence-electron chi connectivity index (χ3n) is 0.249. The van der Waals surface area contributed by atoms with Gasteiger partial charge in [0, 0.05) is 6.92 Å². The molecule has 0 saturated heterocycles. The van der Waals surface area contributed by atoms with Crippen molar-refractivity contribution in [3.63, 3.8) is 0 Å². The SMILES string of the molecule is C=COC(C)=O.S=C(S)S. The van der Waals surface area contributed by atoms with Crippen molar-refractivity contribution in [1.82, 2.24) is 0 Å². The van der Waals surface area contributed by atoms with Crippen LogP contribution in [0.25, 0.3) is 0 Å². The minimum atomic E-state index is -0.329. The Bertz CT molecular complexity index is 129. The molecule has 0 aliphatic heterocycles. The molecule has 0 aliphatic rings. The van der Waals surface area contributed by atoms with Crippen LogP contribution in [-0.4, -0.2) is 9.50 Å². The van der Waals surface area contributed by atoms with Gasteiger partial charge < -0.3 is 4.74 Å². The van der Waals surface area contributed by atoms with Crippen LogP contribution in [0.4, 0.5) is 0 Å². The number of ether oxygens (including phenoxy) is 1. The highest BCUT2D eigenvalue weighted by Gasteiger charge is 1.79. The highest BCUT2D eigenvalue weighted by atomic mass is 32.2. The molecule has 0 heterocycles. The van der Waals surface area contributed by atoms with Crippen molar-refractivity contribution in [1.29, 1.82) is 0 Å². The lowest BCUT2D eigenvalue weighted by Gasteiger charge is -1.83. The van der Waals surface area contributed by atoms with Crippen LogP contribution in [0.5, 0.6) is 0 Å². The fourth-order valence-corrected chi connectivity index (χ4v) is 0.117. The summed E-state index contributed by atoms with van der Waals surface area (Å²) in [5.41, 5.74) is 0.